The topological polar surface area (TPSA) is 49.6 Å². The Morgan fingerprint density at radius 3 is 2.47 bits per heavy atom. The molecule has 2 N–H and O–H groups in total. The lowest BCUT2D eigenvalue weighted by atomic mass is 9.78. The molecule has 4 atom stereocenters. The van der Waals surface area contributed by atoms with E-state index in [-0.39, 0.29) is 18.0 Å². The highest BCUT2D eigenvalue weighted by molar-refractivity contribution is 5.79. The number of amides is 1. The number of nitrogens with zero attached hydrogens (tertiary/aromatic N) is 2. The average Bonchev–Trinajstić information content (AvgIpc) is 2.32. The van der Waals surface area contributed by atoms with E-state index in [1.807, 2.05) is 4.90 Å². The van der Waals surface area contributed by atoms with Gasteiger partial charge in [-0.05, 0) is 53.1 Å². The van der Waals surface area contributed by atoms with Gasteiger partial charge in [0.25, 0.3) is 0 Å². The Morgan fingerprint density at radius 2 is 2.00 bits per heavy atom. The van der Waals surface area contributed by atoms with Crippen molar-refractivity contribution in [2.45, 2.75) is 52.1 Å². The first-order valence-corrected chi connectivity index (χ1v) is 7.57. The van der Waals surface area contributed by atoms with E-state index in [2.05, 4.69) is 39.8 Å². The summed E-state index contributed by atoms with van der Waals surface area (Å²) < 4.78 is 0. The van der Waals surface area contributed by atoms with Crippen LogP contribution >= 0.6 is 0 Å². The number of carbonyl (C=O) groups is 1. The van der Waals surface area contributed by atoms with Crippen molar-refractivity contribution in [1.29, 1.82) is 0 Å². The lowest BCUT2D eigenvalue weighted by molar-refractivity contribution is -0.139. The molecule has 1 fully saturated rings. The summed E-state index contributed by atoms with van der Waals surface area (Å²) in [6.45, 7) is 8.09. The third-order valence-corrected chi connectivity index (χ3v) is 4.37. The van der Waals surface area contributed by atoms with E-state index in [0.717, 1.165) is 32.4 Å². The Labute approximate surface area is 118 Å². The summed E-state index contributed by atoms with van der Waals surface area (Å²) in [5.74, 6) is 0.973. The Balaban J connectivity index is 2.63. The summed E-state index contributed by atoms with van der Waals surface area (Å²) in [5, 5.41) is 0. The van der Waals surface area contributed by atoms with Crippen molar-refractivity contribution in [3.63, 3.8) is 0 Å². The van der Waals surface area contributed by atoms with Gasteiger partial charge in [-0.2, -0.15) is 0 Å². The fourth-order valence-corrected chi connectivity index (χ4v) is 3.19. The molecule has 1 amide bonds. The minimum absolute atomic E-state index is 0.180. The average molecular weight is 269 g/mol. The van der Waals surface area contributed by atoms with Crippen LogP contribution in [0.15, 0.2) is 0 Å². The molecule has 0 saturated heterocycles. The van der Waals surface area contributed by atoms with Crippen LogP contribution in [0.25, 0.3) is 0 Å². The molecule has 0 radical (unpaired) electrons. The quantitative estimate of drug-likeness (QED) is 0.824. The second-order valence-electron chi connectivity index (χ2n) is 6.39. The standard InChI is InChI=1S/C15H31N3O/c1-6-18(12(3)10-17(4)5)15(19)13-7-8-14(16)11(2)9-13/h11-14H,6-10,16H2,1-5H3. The van der Waals surface area contributed by atoms with Gasteiger partial charge in [0.2, 0.25) is 5.91 Å². The predicted octanol–water partition coefficient (Wildman–Crippen LogP) is 1.55. The Hall–Kier alpha value is -0.610. The number of rotatable bonds is 5. The second kappa shape index (κ2) is 7.25. The van der Waals surface area contributed by atoms with Crippen LogP contribution in [0.2, 0.25) is 0 Å². The van der Waals surface area contributed by atoms with E-state index in [4.69, 9.17) is 5.73 Å². The Kier molecular flexibility index (Phi) is 6.27. The molecule has 1 aliphatic carbocycles. The van der Waals surface area contributed by atoms with Gasteiger partial charge in [0.05, 0.1) is 0 Å². The van der Waals surface area contributed by atoms with Gasteiger partial charge in [-0.3, -0.25) is 4.79 Å². The van der Waals surface area contributed by atoms with E-state index < -0.39 is 0 Å². The largest absolute Gasteiger partial charge is 0.339 e. The molecule has 1 aliphatic rings. The Morgan fingerprint density at radius 1 is 1.37 bits per heavy atom. The summed E-state index contributed by atoms with van der Waals surface area (Å²) in [5.41, 5.74) is 6.04. The molecule has 19 heavy (non-hydrogen) atoms. The summed E-state index contributed by atoms with van der Waals surface area (Å²) in [6.07, 6.45) is 2.89. The summed E-state index contributed by atoms with van der Waals surface area (Å²) >= 11 is 0. The second-order valence-corrected chi connectivity index (χ2v) is 6.39. The summed E-state index contributed by atoms with van der Waals surface area (Å²) in [6, 6.07) is 0.553. The lowest BCUT2D eigenvalue weighted by Crippen LogP contribution is -2.48. The monoisotopic (exact) mass is 269 g/mol. The fourth-order valence-electron chi connectivity index (χ4n) is 3.19. The van der Waals surface area contributed by atoms with Crippen molar-refractivity contribution >= 4 is 5.91 Å². The molecule has 0 bridgehead atoms. The van der Waals surface area contributed by atoms with E-state index in [0.29, 0.717) is 11.8 Å². The Bertz CT molecular complexity index is 293. The van der Waals surface area contributed by atoms with Crippen LogP contribution in [-0.4, -0.2) is 55.0 Å². The van der Waals surface area contributed by atoms with E-state index in [1.165, 1.54) is 0 Å². The number of likely N-dealkylation sites (N-methyl/N-ethyl adjacent to an activating group) is 2. The molecule has 0 aromatic heterocycles. The van der Waals surface area contributed by atoms with Crippen molar-refractivity contribution in [3.8, 4) is 0 Å². The van der Waals surface area contributed by atoms with Crippen LogP contribution < -0.4 is 5.73 Å². The maximum absolute atomic E-state index is 12.7. The van der Waals surface area contributed by atoms with Crippen molar-refractivity contribution in [2.75, 3.05) is 27.2 Å². The molecular weight excluding hydrogens is 238 g/mol. The van der Waals surface area contributed by atoms with Gasteiger partial charge in [-0.1, -0.05) is 6.92 Å². The highest BCUT2D eigenvalue weighted by Gasteiger charge is 2.33. The molecule has 0 aliphatic heterocycles. The van der Waals surface area contributed by atoms with Crippen molar-refractivity contribution < 1.29 is 4.79 Å². The van der Waals surface area contributed by atoms with Gasteiger partial charge in [0.1, 0.15) is 0 Å². The first-order valence-electron chi connectivity index (χ1n) is 7.57. The zero-order valence-electron chi connectivity index (χ0n) is 13.2. The summed E-state index contributed by atoms with van der Waals surface area (Å²) in [7, 11) is 4.10. The van der Waals surface area contributed by atoms with Gasteiger partial charge >= 0.3 is 0 Å². The van der Waals surface area contributed by atoms with Crippen molar-refractivity contribution in [1.82, 2.24) is 9.80 Å². The van der Waals surface area contributed by atoms with Gasteiger partial charge in [-0.25, -0.2) is 0 Å². The van der Waals surface area contributed by atoms with Crippen LogP contribution in [0.3, 0.4) is 0 Å². The van der Waals surface area contributed by atoms with E-state index in [9.17, 15) is 4.79 Å². The van der Waals surface area contributed by atoms with Gasteiger partial charge < -0.3 is 15.5 Å². The smallest absolute Gasteiger partial charge is 0.225 e. The van der Waals surface area contributed by atoms with Crippen LogP contribution in [0, 0.1) is 11.8 Å². The van der Waals surface area contributed by atoms with Crippen molar-refractivity contribution in [2.24, 2.45) is 17.6 Å². The highest BCUT2D eigenvalue weighted by Crippen LogP contribution is 2.29. The number of nitrogens with two attached hydrogens (primary N) is 1. The number of carbonyl (C=O) groups excluding carboxylic acids is 1. The molecule has 1 saturated carbocycles. The van der Waals surface area contributed by atoms with E-state index >= 15 is 0 Å². The van der Waals surface area contributed by atoms with Gasteiger partial charge in [-0.15, -0.1) is 0 Å². The van der Waals surface area contributed by atoms with Crippen LogP contribution in [0.1, 0.15) is 40.0 Å². The molecule has 4 nitrogen and oxygen atoms in total. The zero-order chi connectivity index (χ0) is 14.6. The molecular formula is C15H31N3O. The van der Waals surface area contributed by atoms with Crippen LogP contribution in [0.4, 0.5) is 0 Å². The number of hydrogen-bond acceptors (Lipinski definition) is 3. The first kappa shape index (κ1) is 16.4. The number of hydrogen-bond donors (Lipinski definition) is 1. The molecule has 0 aromatic carbocycles. The molecule has 4 heteroatoms. The first-order chi connectivity index (χ1) is 8.86. The molecule has 0 spiro atoms. The minimum atomic E-state index is 0.180. The predicted molar refractivity (Wildman–Crippen MR) is 79.9 cm³/mol. The lowest BCUT2D eigenvalue weighted by Gasteiger charge is -2.37. The third kappa shape index (κ3) is 4.46. The molecule has 1 rings (SSSR count). The maximum atomic E-state index is 12.7. The highest BCUT2D eigenvalue weighted by atomic mass is 16.2. The maximum Gasteiger partial charge on any atom is 0.225 e. The van der Waals surface area contributed by atoms with Gasteiger partial charge in [0.15, 0.2) is 0 Å². The van der Waals surface area contributed by atoms with Crippen molar-refractivity contribution in [3.05, 3.63) is 0 Å². The summed E-state index contributed by atoms with van der Waals surface area (Å²) in [4.78, 5) is 16.8. The zero-order valence-corrected chi connectivity index (χ0v) is 13.2. The molecule has 0 heterocycles. The minimum Gasteiger partial charge on any atom is -0.339 e. The van der Waals surface area contributed by atoms with Crippen LogP contribution in [-0.2, 0) is 4.79 Å². The van der Waals surface area contributed by atoms with Gasteiger partial charge in [0, 0.05) is 31.1 Å². The fraction of sp³-hybridized carbons (Fsp3) is 0.933. The molecule has 4 unspecified atom stereocenters. The third-order valence-electron chi connectivity index (χ3n) is 4.37. The molecule has 112 valence electrons. The van der Waals surface area contributed by atoms with Crippen LogP contribution in [0.5, 0.6) is 0 Å². The van der Waals surface area contributed by atoms with E-state index in [1.54, 1.807) is 0 Å². The SMILES string of the molecule is CCN(C(=O)C1CCC(N)C(C)C1)C(C)CN(C)C. The normalized spacial score (nSPS) is 29.3. The molecule has 0 aromatic rings.